The lowest BCUT2D eigenvalue weighted by Crippen LogP contribution is -2.39. The molecule has 0 unspecified atom stereocenters. The number of hydrogen-bond acceptors (Lipinski definition) is 5. The first-order valence-corrected chi connectivity index (χ1v) is 11.2. The van der Waals surface area contributed by atoms with Crippen molar-refractivity contribution in [1.82, 2.24) is 5.43 Å². The fourth-order valence-corrected chi connectivity index (χ4v) is 3.56. The minimum Gasteiger partial charge on any atom is -0.326 e. The number of carbonyl (C=O) groups is 2. The number of aryl methyl sites for hydroxylation is 1. The van der Waals surface area contributed by atoms with Gasteiger partial charge in [0.25, 0.3) is 5.91 Å². The Hall–Kier alpha value is -3.20. The molecule has 2 aromatic rings. The number of carbonyl (C=O) groups excluding carboxylic acids is 2. The molecule has 0 aliphatic heterocycles. The highest BCUT2D eigenvalue weighted by molar-refractivity contribution is 7.92. The molecule has 0 fully saturated rings. The lowest BCUT2D eigenvalue weighted by Gasteiger charge is -2.21. The van der Waals surface area contributed by atoms with Crippen LogP contribution in [0.25, 0.3) is 0 Å². The zero-order chi connectivity index (χ0) is 22.3. The van der Waals surface area contributed by atoms with Gasteiger partial charge in [-0.1, -0.05) is 31.2 Å². The van der Waals surface area contributed by atoms with Crippen LogP contribution >= 0.6 is 0 Å². The molecule has 8 nitrogen and oxygen atoms in total. The Morgan fingerprint density at radius 1 is 1.07 bits per heavy atom. The molecule has 0 aromatic heterocycles. The molecule has 30 heavy (non-hydrogen) atoms. The Bertz CT molecular complexity index is 1050. The van der Waals surface area contributed by atoms with E-state index in [0.717, 1.165) is 22.5 Å². The summed E-state index contributed by atoms with van der Waals surface area (Å²) in [5.74, 6) is -0.764. The Morgan fingerprint density at radius 3 is 2.30 bits per heavy atom. The normalized spacial score (nSPS) is 11.7. The van der Waals surface area contributed by atoms with Crippen LogP contribution in [0.2, 0.25) is 0 Å². The highest BCUT2D eigenvalue weighted by atomic mass is 32.2. The van der Waals surface area contributed by atoms with E-state index in [1.54, 1.807) is 43.3 Å². The topological polar surface area (TPSA) is 108 Å². The summed E-state index contributed by atoms with van der Waals surface area (Å²) in [5, 5.41) is 6.73. The molecule has 9 heteroatoms. The first-order valence-electron chi connectivity index (χ1n) is 9.38. The molecular formula is C21H26N4O4S. The molecule has 160 valence electrons. The van der Waals surface area contributed by atoms with Crippen molar-refractivity contribution in [3.05, 3.63) is 59.7 Å². The van der Waals surface area contributed by atoms with Gasteiger partial charge in [-0.3, -0.25) is 13.9 Å². The maximum absolute atomic E-state index is 12.4. The van der Waals surface area contributed by atoms with E-state index in [2.05, 4.69) is 15.8 Å². The lowest BCUT2D eigenvalue weighted by molar-refractivity contribution is -0.119. The third kappa shape index (κ3) is 6.70. The van der Waals surface area contributed by atoms with Crippen LogP contribution in [0.5, 0.6) is 0 Å². The summed E-state index contributed by atoms with van der Waals surface area (Å²) < 4.78 is 25.4. The van der Waals surface area contributed by atoms with Crippen molar-refractivity contribution in [2.24, 2.45) is 5.10 Å². The number of rotatable bonds is 8. The minimum atomic E-state index is -3.66. The standard InChI is InChI=1S/C21H26N4O4S/c1-5-17-9-11-20(12-10-17)25(30(4,28)29)14-21(27)24-23-15(2)18-7-6-8-19(13-18)22-16(3)26/h6-13H,5,14H2,1-4H3,(H,22,26)(H,24,27)/b23-15-. The molecule has 2 amide bonds. The molecule has 0 heterocycles. The van der Waals surface area contributed by atoms with Gasteiger partial charge >= 0.3 is 0 Å². The van der Waals surface area contributed by atoms with Gasteiger partial charge in [0, 0.05) is 12.6 Å². The number of nitrogens with zero attached hydrogens (tertiary/aromatic N) is 2. The van der Waals surface area contributed by atoms with E-state index in [1.165, 1.54) is 6.92 Å². The van der Waals surface area contributed by atoms with Gasteiger partial charge in [-0.25, -0.2) is 13.8 Å². The van der Waals surface area contributed by atoms with E-state index < -0.39 is 22.5 Å². The Labute approximate surface area is 177 Å². The first-order chi connectivity index (χ1) is 14.1. The quantitative estimate of drug-likeness (QED) is 0.495. The van der Waals surface area contributed by atoms with Crippen molar-refractivity contribution >= 4 is 38.9 Å². The largest absolute Gasteiger partial charge is 0.326 e. The van der Waals surface area contributed by atoms with Crippen molar-refractivity contribution in [3.8, 4) is 0 Å². The van der Waals surface area contributed by atoms with E-state index >= 15 is 0 Å². The minimum absolute atomic E-state index is 0.192. The van der Waals surface area contributed by atoms with Gasteiger partial charge in [0.2, 0.25) is 15.9 Å². The van der Waals surface area contributed by atoms with Gasteiger partial charge in [0.05, 0.1) is 17.7 Å². The third-order valence-corrected chi connectivity index (χ3v) is 5.41. The molecule has 2 rings (SSSR count). The zero-order valence-corrected chi connectivity index (χ0v) is 18.3. The Morgan fingerprint density at radius 2 is 1.73 bits per heavy atom. The molecular weight excluding hydrogens is 404 g/mol. The van der Waals surface area contributed by atoms with Crippen molar-refractivity contribution in [3.63, 3.8) is 0 Å². The second-order valence-electron chi connectivity index (χ2n) is 6.78. The fourth-order valence-electron chi connectivity index (χ4n) is 2.70. The number of hydrazone groups is 1. The molecule has 0 saturated carbocycles. The van der Waals surface area contributed by atoms with Gasteiger partial charge in [-0.05, 0) is 48.7 Å². The SMILES string of the molecule is CCc1ccc(N(CC(=O)N/N=C(/C)c2cccc(NC(C)=O)c2)S(C)(=O)=O)cc1. The van der Waals surface area contributed by atoms with E-state index in [9.17, 15) is 18.0 Å². The molecule has 0 bridgehead atoms. The Kier molecular flexibility index (Phi) is 7.71. The average molecular weight is 431 g/mol. The van der Waals surface area contributed by atoms with Crippen molar-refractivity contribution in [2.45, 2.75) is 27.2 Å². The van der Waals surface area contributed by atoms with Crippen LogP contribution in [0.4, 0.5) is 11.4 Å². The highest BCUT2D eigenvalue weighted by Crippen LogP contribution is 2.18. The molecule has 2 aromatic carbocycles. The van der Waals surface area contributed by atoms with Gasteiger partial charge in [-0.2, -0.15) is 5.10 Å². The molecule has 0 saturated heterocycles. The molecule has 2 N–H and O–H groups in total. The average Bonchev–Trinajstić information content (AvgIpc) is 2.69. The van der Waals surface area contributed by atoms with Crippen LogP contribution in [0, 0.1) is 0 Å². The molecule has 0 radical (unpaired) electrons. The second kappa shape index (κ2) is 10.0. The summed E-state index contributed by atoms with van der Waals surface area (Å²) in [6.45, 7) is 4.72. The zero-order valence-electron chi connectivity index (χ0n) is 17.5. The van der Waals surface area contributed by atoms with E-state index in [4.69, 9.17) is 0 Å². The molecule has 0 aliphatic carbocycles. The summed E-state index contributed by atoms with van der Waals surface area (Å²) in [5.41, 5.74) is 5.69. The van der Waals surface area contributed by atoms with Crippen LogP contribution < -0.4 is 15.0 Å². The van der Waals surface area contributed by atoms with Crippen molar-refractivity contribution in [1.29, 1.82) is 0 Å². The predicted molar refractivity (Wildman–Crippen MR) is 119 cm³/mol. The first kappa shape index (κ1) is 23.1. The van der Waals surface area contributed by atoms with Crippen LogP contribution in [0.3, 0.4) is 0 Å². The molecule has 0 spiro atoms. The van der Waals surface area contributed by atoms with E-state index in [-0.39, 0.29) is 5.91 Å². The third-order valence-electron chi connectivity index (χ3n) is 4.27. The van der Waals surface area contributed by atoms with Gasteiger partial charge in [-0.15, -0.1) is 0 Å². The van der Waals surface area contributed by atoms with Gasteiger partial charge in [0.15, 0.2) is 0 Å². The predicted octanol–water partition coefficient (Wildman–Crippen LogP) is 2.51. The Balaban J connectivity index is 2.12. The lowest BCUT2D eigenvalue weighted by atomic mass is 10.1. The maximum atomic E-state index is 12.4. The van der Waals surface area contributed by atoms with E-state index in [0.29, 0.717) is 22.6 Å². The number of nitrogens with one attached hydrogen (secondary N) is 2. The number of anilines is 2. The molecule has 0 aliphatic rings. The maximum Gasteiger partial charge on any atom is 0.260 e. The van der Waals surface area contributed by atoms with Crippen molar-refractivity contribution < 1.29 is 18.0 Å². The number of hydrogen-bond donors (Lipinski definition) is 2. The van der Waals surface area contributed by atoms with Crippen molar-refractivity contribution in [2.75, 3.05) is 22.4 Å². The summed E-state index contributed by atoms with van der Waals surface area (Å²) in [6, 6.07) is 14.0. The second-order valence-corrected chi connectivity index (χ2v) is 8.69. The van der Waals surface area contributed by atoms with Crippen LogP contribution in [0.1, 0.15) is 31.9 Å². The van der Waals surface area contributed by atoms with E-state index in [1.807, 2.05) is 19.1 Å². The fraction of sp³-hybridized carbons (Fsp3) is 0.286. The molecule has 0 atom stereocenters. The number of amides is 2. The summed E-state index contributed by atoms with van der Waals surface area (Å²) >= 11 is 0. The van der Waals surface area contributed by atoms with Gasteiger partial charge in [0.1, 0.15) is 6.54 Å². The van der Waals surface area contributed by atoms with Gasteiger partial charge < -0.3 is 5.32 Å². The number of benzene rings is 2. The summed E-state index contributed by atoms with van der Waals surface area (Å²) in [6.07, 6.45) is 1.88. The van der Waals surface area contributed by atoms with Crippen LogP contribution in [0.15, 0.2) is 53.6 Å². The van der Waals surface area contributed by atoms with Crippen LogP contribution in [-0.2, 0) is 26.0 Å². The number of sulfonamides is 1. The monoisotopic (exact) mass is 430 g/mol. The highest BCUT2D eigenvalue weighted by Gasteiger charge is 2.20. The summed E-state index contributed by atoms with van der Waals surface area (Å²) in [7, 11) is -3.66. The van der Waals surface area contributed by atoms with Crippen LogP contribution in [-0.4, -0.2) is 38.7 Å². The smallest absolute Gasteiger partial charge is 0.260 e. The summed E-state index contributed by atoms with van der Waals surface area (Å²) in [4.78, 5) is 23.6.